The standard InChI is InChI=1S/C21H25NO.C19H20F3NO2.ClH.H2O4S/c1-22-18-12-13-19(22)15-20(14-18)23-21(16-8-4-2-5-9-16)17-10-6-3-7-11-17;1-14(12-15-6-5-9-17(13-15)19(20,21)22)23-10-11-25-18(24)16-7-3-2-4-8-16;;1-5(2,3)4/h2-11,18-21H,12-15H2,1H3;2-9,13-14,23H,10-12H2,1H3;1H;(H2,1,2,3,4). The van der Waals surface area contributed by atoms with Gasteiger partial charge in [-0.25, -0.2) is 4.79 Å². The number of rotatable bonds is 11. The van der Waals surface area contributed by atoms with Crippen LogP contribution < -0.4 is 5.32 Å². The van der Waals surface area contributed by atoms with Crippen molar-refractivity contribution < 1.29 is 45.0 Å². The Hall–Kier alpha value is -3.82. The zero-order chi connectivity index (χ0) is 38.4. The van der Waals surface area contributed by atoms with E-state index in [9.17, 15) is 18.0 Å². The van der Waals surface area contributed by atoms with Crippen LogP contribution in [0, 0.1) is 0 Å². The zero-order valence-corrected chi connectivity index (χ0v) is 31.8. The van der Waals surface area contributed by atoms with Gasteiger partial charge in [0.25, 0.3) is 0 Å². The molecule has 0 aromatic heterocycles. The fourth-order valence-corrected chi connectivity index (χ4v) is 6.68. The number of esters is 1. The molecule has 3 N–H and O–H groups in total. The van der Waals surface area contributed by atoms with Crippen LogP contribution in [0.1, 0.15) is 71.3 Å². The molecule has 3 unspecified atom stereocenters. The van der Waals surface area contributed by atoms with Crippen molar-refractivity contribution in [3.05, 3.63) is 143 Å². The van der Waals surface area contributed by atoms with Gasteiger partial charge in [-0.05, 0) is 81.0 Å². The molecule has 0 aliphatic carbocycles. The number of carbonyl (C=O) groups is 1. The second-order valence-electron chi connectivity index (χ2n) is 13.2. The van der Waals surface area contributed by atoms with Crippen LogP contribution in [0.3, 0.4) is 0 Å². The molecule has 2 aliphatic heterocycles. The molecule has 0 saturated carbocycles. The first-order valence-corrected chi connectivity index (χ1v) is 18.9. The molecule has 2 saturated heterocycles. The topological polar surface area (TPSA) is 125 Å². The van der Waals surface area contributed by atoms with Gasteiger partial charge in [0.2, 0.25) is 0 Å². The van der Waals surface area contributed by atoms with Crippen LogP contribution in [0.2, 0.25) is 0 Å². The summed E-state index contributed by atoms with van der Waals surface area (Å²) in [5.41, 5.74) is 2.96. The van der Waals surface area contributed by atoms with E-state index >= 15 is 0 Å². The highest BCUT2D eigenvalue weighted by Crippen LogP contribution is 2.38. The lowest BCUT2D eigenvalue weighted by Gasteiger charge is -2.38. The van der Waals surface area contributed by atoms with Gasteiger partial charge in [0.1, 0.15) is 12.7 Å². The van der Waals surface area contributed by atoms with Crippen LogP contribution in [0.15, 0.2) is 115 Å². The van der Waals surface area contributed by atoms with E-state index in [-0.39, 0.29) is 31.2 Å². The minimum Gasteiger partial charge on any atom is -0.461 e. The maximum Gasteiger partial charge on any atom is 0.416 e. The lowest BCUT2D eigenvalue weighted by molar-refractivity contribution is -0.137. The van der Waals surface area contributed by atoms with Crippen molar-refractivity contribution in [1.29, 1.82) is 0 Å². The van der Waals surface area contributed by atoms with E-state index < -0.39 is 28.1 Å². The van der Waals surface area contributed by atoms with Gasteiger partial charge in [0.15, 0.2) is 0 Å². The van der Waals surface area contributed by atoms with Crippen LogP contribution in [-0.4, -0.2) is 72.8 Å². The van der Waals surface area contributed by atoms with Crippen molar-refractivity contribution >= 4 is 28.8 Å². The van der Waals surface area contributed by atoms with Crippen molar-refractivity contribution in [3.8, 4) is 0 Å². The molecular weight excluding hydrogens is 745 g/mol. The van der Waals surface area contributed by atoms with Gasteiger partial charge in [-0.1, -0.05) is 97.1 Å². The van der Waals surface area contributed by atoms with E-state index in [2.05, 4.69) is 77.9 Å². The third-order valence-corrected chi connectivity index (χ3v) is 9.22. The Labute approximate surface area is 321 Å². The molecule has 294 valence electrons. The Bertz CT molecular complexity index is 1750. The van der Waals surface area contributed by atoms with Gasteiger partial charge in [0.05, 0.1) is 17.2 Å². The smallest absolute Gasteiger partial charge is 0.416 e. The summed E-state index contributed by atoms with van der Waals surface area (Å²) in [6.07, 6.45) is 1.55. The van der Waals surface area contributed by atoms with Crippen molar-refractivity contribution in [2.75, 3.05) is 20.2 Å². The van der Waals surface area contributed by atoms with Crippen LogP contribution in [0.4, 0.5) is 13.2 Å². The van der Waals surface area contributed by atoms with Gasteiger partial charge >= 0.3 is 22.5 Å². The van der Waals surface area contributed by atoms with E-state index in [0.29, 0.717) is 42.3 Å². The molecule has 4 aromatic carbocycles. The molecule has 4 aromatic rings. The van der Waals surface area contributed by atoms with E-state index in [1.165, 1.54) is 42.9 Å². The van der Waals surface area contributed by atoms with Gasteiger partial charge < -0.3 is 19.7 Å². The molecule has 9 nitrogen and oxygen atoms in total. The predicted molar refractivity (Wildman–Crippen MR) is 204 cm³/mol. The number of benzene rings is 4. The number of carbonyl (C=O) groups excluding carboxylic acids is 1. The van der Waals surface area contributed by atoms with E-state index in [1.807, 2.05) is 13.0 Å². The van der Waals surface area contributed by atoms with Crippen molar-refractivity contribution in [3.63, 3.8) is 0 Å². The fraction of sp³-hybridized carbons (Fsp3) is 0.375. The molecule has 0 amide bonds. The first-order chi connectivity index (χ1) is 25.2. The summed E-state index contributed by atoms with van der Waals surface area (Å²) in [5.74, 6) is -0.395. The third kappa shape index (κ3) is 15.1. The van der Waals surface area contributed by atoms with Crippen molar-refractivity contribution in [2.24, 2.45) is 0 Å². The number of piperidine rings is 1. The number of fused-ring (bicyclic) bond motifs is 2. The third-order valence-electron chi connectivity index (χ3n) is 9.22. The average Bonchev–Trinajstić information content (AvgIpc) is 3.32. The largest absolute Gasteiger partial charge is 0.461 e. The monoisotopic (exact) mass is 792 g/mol. The molecule has 3 atom stereocenters. The average molecular weight is 793 g/mol. The van der Waals surface area contributed by atoms with E-state index in [4.69, 9.17) is 27.0 Å². The van der Waals surface area contributed by atoms with Crippen molar-refractivity contribution in [1.82, 2.24) is 10.2 Å². The normalized spacial score (nSPS) is 18.6. The Morgan fingerprint density at radius 2 is 1.35 bits per heavy atom. The van der Waals surface area contributed by atoms with Gasteiger partial charge in [0, 0.05) is 24.7 Å². The quantitative estimate of drug-likeness (QED) is 0.0782. The van der Waals surface area contributed by atoms with Gasteiger partial charge in [-0.2, -0.15) is 21.6 Å². The molecule has 2 fully saturated rings. The molecule has 2 heterocycles. The molecular formula is C40H48ClF3N2O7S. The van der Waals surface area contributed by atoms with Crippen LogP contribution in [-0.2, 0) is 32.5 Å². The number of hydrogen-bond donors (Lipinski definition) is 3. The summed E-state index contributed by atoms with van der Waals surface area (Å²) >= 11 is 0. The van der Waals surface area contributed by atoms with Gasteiger partial charge in [-0.15, -0.1) is 12.4 Å². The Kier molecular flexibility index (Phi) is 17.6. The van der Waals surface area contributed by atoms with E-state index in [0.717, 1.165) is 12.1 Å². The first-order valence-electron chi connectivity index (χ1n) is 17.5. The minimum atomic E-state index is -4.67. The lowest BCUT2D eigenvalue weighted by Crippen LogP contribution is -2.43. The Balaban J connectivity index is 0.000000254. The molecule has 0 radical (unpaired) electrons. The van der Waals surface area contributed by atoms with Crippen LogP contribution >= 0.6 is 12.4 Å². The zero-order valence-electron chi connectivity index (χ0n) is 30.1. The second-order valence-corrected chi connectivity index (χ2v) is 14.1. The van der Waals surface area contributed by atoms with E-state index in [1.54, 1.807) is 30.3 Å². The number of nitrogens with zero attached hydrogens (tertiary/aromatic N) is 1. The molecule has 54 heavy (non-hydrogen) atoms. The van der Waals surface area contributed by atoms with Crippen LogP contribution in [0.5, 0.6) is 0 Å². The molecule has 6 rings (SSSR count). The Morgan fingerprint density at radius 3 is 1.85 bits per heavy atom. The van der Waals surface area contributed by atoms with Gasteiger partial charge in [-0.3, -0.25) is 9.11 Å². The highest BCUT2D eigenvalue weighted by atomic mass is 35.5. The summed E-state index contributed by atoms with van der Waals surface area (Å²) in [6, 6.07) is 36.6. The first kappa shape index (κ1) is 44.6. The molecule has 2 aliphatic rings. The highest BCUT2D eigenvalue weighted by Gasteiger charge is 2.39. The summed E-state index contributed by atoms with van der Waals surface area (Å²) in [5, 5.41) is 3.14. The molecule has 2 bridgehead atoms. The maximum atomic E-state index is 12.7. The lowest BCUT2D eigenvalue weighted by atomic mass is 9.97. The molecule has 14 heteroatoms. The number of halogens is 4. The highest BCUT2D eigenvalue weighted by molar-refractivity contribution is 7.79. The summed E-state index contributed by atoms with van der Waals surface area (Å²) in [7, 11) is -2.38. The van der Waals surface area contributed by atoms with Crippen LogP contribution in [0.25, 0.3) is 0 Å². The number of alkyl halides is 3. The summed E-state index contributed by atoms with van der Waals surface area (Å²) in [4.78, 5) is 14.3. The molecule has 0 spiro atoms. The SMILES string of the molecule is CC(Cc1cccc(C(F)(F)F)c1)NCCOC(=O)c1ccccc1.CN1C2CCC1CC(OC(c1ccccc1)c1ccccc1)C2.Cl.O=S(=O)(O)O. The summed E-state index contributed by atoms with van der Waals surface area (Å²) in [6.45, 7) is 2.50. The fourth-order valence-electron chi connectivity index (χ4n) is 6.68. The van der Waals surface area contributed by atoms with Crippen molar-refractivity contribution in [2.45, 2.75) is 75.5 Å². The number of nitrogens with one attached hydrogen (secondary N) is 1. The minimum absolute atomic E-state index is 0. The summed E-state index contributed by atoms with van der Waals surface area (Å²) < 4.78 is 81.5. The predicted octanol–water partition coefficient (Wildman–Crippen LogP) is 8.27. The maximum absolute atomic E-state index is 12.7. The second kappa shape index (κ2) is 21.3. The number of hydrogen-bond acceptors (Lipinski definition) is 7. The number of ether oxygens (including phenoxy) is 2. The Morgan fingerprint density at radius 1 is 0.852 bits per heavy atom.